The molecule has 0 fully saturated rings. The highest BCUT2D eigenvalue weighted by molar-refractivity contribution is 8.13. The molecule has 0 N–H and O–H groups in total. The summed E-state index contributed by atoms with van der Waals surface area (Å²) < 4.78 is 57.2. The summed E-state index contributed by atoms with van der Waals surface area (Å²) in [5.41, 5.74) is 0. The van der Waals surface area contributed by atoms with Gasteiger partial charge < -0.3 is 4.74 Å². The van der Waals surface area contributed by atoms with Crippen LogP contribution in [0.5, 0.6) is 0 Å². The molecule has 0 saturated carbocycles. The Morgan fingerprint density at radius 3 is 2.08 bits per heavy atom. The van der Waals surface area contributed by atoms with Crippen LogP contribution in [0.1, 0.15) is 0 Å². The number of rotatable bonds is 2. The second-order valence-electron chi connectivity index (χ2n) is 1.59. The van der Waals surface area contributed by atoms with Crippen LogP contribution >= 0.6 is 10.7 Å². The van der Waals surface area contributed by atoms with Crippen molar-refractivity contribution in [3.8, 4) is 0 Å². The third-order valence-electron chi connectivity index (χ3n) is 0.562. The second-order valence-corrected chi connectivity index (χ2v) is 4.31. The van der Waals surface area contributed by atoms with Crippen LogP contribution in [-0.2, 0) is 18.6 Å². The summed E-state index contributed by atoms with van der Waals surface area (Å²) in [6.45, 7) is 0. The number of hydrogen-bond acceptors (Lipinski definition) is 4. The number of carbonyl (C=O) groups is 1. The van der Waals surface area contributed by atoms with Gasteiger partial charge in [0.25, 0.3) is 9.05 Å². The summed E-state index contributed by atoms with van der Waals surface area (Å²) in [4.78, 5) is 9.84. The fourth-order valence-corrected chi connectivity index (χ4v) is 0.587. The van der Waals surface area contributed by atoms with Gasteiger partial charge in [0.1, 0.15) is 0 Å². The Labute approximate surface area is 69.7 Å². The van der Waals surface area contributed by atoms with E-state index < -0.39 is 27.1 Å². The number of carbonyl (C=O) groups excluding carboxylic acids is 1. The second kappa shape index (κ2) is 3.48. The van der Waals surface area contributed by atoms with Crippen LogP contribution in [0.2, 0.25) is 0 Å². The zero-order chi connectivity index (χ0) is 9.99. The van der Waals surface area contributed by atoms with Gasteiger partial charge in [-0.1, -0.05) is 0 Å². The molecule has 0 aromatic rings. The molecule has 0 atom stereocenters. The Bertz CT molecular complexity index is 268. The van der Waals surface area contributed by atoms with Gasteiger partial charge in [0.05, 0.1) is 0 Å². The molecule has 0 aliphatic carbocycles. The highest BCUT2D eigenvalue weighted by Crippen LogP contribution is 2.16. The van der Waals surface area contributed by atoms with Crippen molar-refractivity contribution in [2.75, 3.05) is 5.94 Å². The van der Waals surface area contributed by atoms with Gasteiger partial charge in [0.2, 0.25) is 5.94 Å². The van der Waals surface area contributed by atoms with Crippen LogP contribution in [0.4, 0.5) is 13.2 Å². The molecule has 9 heteroatoms. The highest BCUT2D eigenvalue weighted by Gasteiger charge is 2.41. The van der Waals surface area contributed by atoms with Gasteiger partial charge in [0, 0.05) is 10.7 Å². The summed E-state index contributed by atoms with van der Waals surface area (Å²) in [6, 6.07) is 0. The minimum absolute atomic E-state index is 1.49. The molecule has 0 bridgehead atoms. The Balaban J connectivity index is 4.07. The van der Waals surface area contributed by atoms with Gasteiger partial charge in [-0.3, -0.25) is 0 Å². The van der Waals surface area contributed by atoms with Crippen LogP contribution in [0.3, 0.4) is 0 Å². The summed E-state index contributed by atoms with van der Waals surface area (Å²) in [7, 11) is 0.205. The summed E-state index contributed by atoms with van der Waals surface area (Å²) in [5, 5.41) is 0. The van der Waals surface area contributed by atoms with E-state index in [0.29, 0.717) is 0 Å². The first-order chi connectivity index (χ1) is 5.13. The molecule has 0 aromatic carbocycles. The molecule has 0 saturated heterocycles. The average molecular weight is 227 g/mol. The number of alkyl halides is 3. The van der Waals surface area contributed by atoms with Gasteiger partial charge >= 0.3 is 12.1 Å². The average Bonchev–Trinajstić information content (AvgIpc) is 1.78. The third-order valence-corrected chi connectivity index (χ3v) is 1.23. The van der Waals surface area contributed by atoms with Crippen molar-refractivity contribution in [3.63, 3.8) is 0 Å². The van der Waals surface area contributed by atoms with Gasteiger partial charge in [-0.2, -0.15) is 13.2 Å². The molecule has 0 heterocycles. The van der Waals surface area contributed by atoms with Crippen molar-refractivity contribution in [2.24, 2.45) is 0 Å². The molecule has 0 aliphatic rings. The monoisotopic (exact) mass is 226 g/mol. The van der Waals surface area contributed by atoms with Crippen molar-refractivity contribution in [3.05, 3.63) is 0 Å². The molecule has 0 rings (SSSR count). The summed E-state index contributed by atoms with van der Waals surface area (Å²) >= 11 is 0. The van der Waals surface area contributed by atoms with E-state index in [-0.39, 0.29) is 0 Å². The maximum absolute atomic E-state index is 11.3. The Morgan fingerprint density at radius 2 is 1.83 bits per heavy atom. The Kier molecular flexibility index (Phi) is 3.34. The van der Waals surface area contributed by atoms with Gasteiger partial charge in [-0.15, -0.1) is 0 Å². The highest BCUT2D eigenvalue weighted by atomic mass is 35.7. The molecule has 0 radical (unpaired) electrons. The zero-order valence-electron chi connectivity index (χ0n) is 5.26. The predicted octanol–water partition coefficient (Wildman–Crippen LogP) is 0.618. The standard InChI is InChI=1S/C3H2ClF3O4S/c4-12(9,10)1-11-2(8)3(5,6)7/h1H2. The fraction of sp³-hybridized carbons (Fsp3) is 0.667. The topological polar surface area (TPSA) is 60.4 Å². The Morgan fingerprint density at radius 1 is 1.42 bits per heavy atom. The molecule has 0 aliphatic heterocycles. The molecular weight excluding hydrogens is 225 g/mol. The molecular formula is C3H2ClF3O4S. The molecule has 0 spiro atoms. The maximum Gasteiger partial charge on any atom is 0.490 e. The van der Waals surface area contributed by atoms with Crippen molar-refractivity contribution in [2.45, 2.75) is 6.18 Å². The lowest BCUT2D eigenvalue weighted by Crippen LogP contribution is -2.26. The zero-order valence-corrected chi connectivity index (χ0v) is 6.83. The van der Waals surface area contributed by atoms with E-state index in [9.17, 15) is 26.4 Å². The first kappa shape index (κ1) is 11.5. The summed E-state index contributed by atoms with van der Waals surface area (Å²) in [6.07, 6.45) is -5.21. The molecule has 0 amide bonds. The molecule has 72 valence electrons. The van der Waals surface area contributed by atoms with E-state index in [1.165, 1.54) is 0 Å². The van der Waals surface area contributed by atoms with Crippen LogP contribution in [0.15, 0.2) is 0 Å². The fourth-order valence-electron chi connectivity index (χ4n) is 0.206. The number of ether oxygens (including phenoxy) is 1. The smallest absolute Gasteiger partial charge is 0.441 e. The Hall–Kier alpha value is -0.500. The molecule has 4 nitrogen and oxygen atoms in total. The van der Waals surface area contributed by atoms with Gasteiger partial charge in [-0.25, -0.2) is 13.2 Å². The minimum Gasteiger partial charge on any atom is -0.441 e. The normalized spacial score (nSPS) is 12.7. The van der Waals surface area contributed by atoms with E-state index in [1.807, 2.05) is 0 Å². The number of hydrogen-bond donors (Lipinski definition) is 0. The first-order valence-electron chi connectivity index (χ1n) is 2.29. The first-order valence-corrected chi connectivity index (χ1v) is 4.77. The van der Waals surface area contributed by atoms with Crippen LogP contribution in [0.25, 0.3) is 0 Å². The summed E-state index contributed by atoms with van der Waals surface area (Å²) in [5.74, 6) is -4.08. The SMILES string of the molecule is O=C(OCS(=O)(=O)Cl)C(F)(F)F. The van der Waals surface area contributed by atoms with E-state index in [1.54, 1.807) is 0 Å². The van der Waals surface area contributed by atoms with Crippen molar-refractivity contribution < 1.29 is 31.1 Å². The lowest BCUT2D eigenvalue weighted by atomic mass is 10.7. The number of esters is 1. The largest absolute Gasteiger partial charge is 0.490 e. The van der Waals surface area contributed by atoms with Crippen LogP contribution in [-0.4, -0.2) is 26.5 Å². The number of halogens is 4. The quantitative estimate of drug-likeness (QED) is 0.512. The van der Waals surface area contributed by atoms with Gasteiger partial charge in [0.15, 0.2) is 0 Å². The molecule has 0 aromatic heterocycles. The van der Waals surface area contributed by atoms with Gasteiger partial charge in [-0.05, 0) is 0 Å². The lowest BCUT2D eigenvalue weighted by molar-refractivity contribution is -0.197. The van der Waals surface area contributed by atoms with Crippen LogP contribution in [0, 0.1) is 0 Å². The van der Waals surface area contributed by atoms with E-state index in [0.717, 1.165) is 0 Å². The van der Waals surface area contributed by atoms with E-state index in [4.69, 9.17) is 0 Å². The maximum atomic E-state index is 11.3. The van der Waals surface area contributed by atoms with Crippen molar-refractivity contribution >= 4 is 25.7 Å². The minimum atomic E-state index is -5.21. The molecule has 0 unspecified atom stereocenters. The van der Waals surface area contributed by atoms with E-state index in [2.05, 4.69) is 15.4 Å². The third kappa shape index (κ3) is 5.19. The molecule has 12 heavy (non-hydrogen) atoms. The van der Waals surface area contributed by atoms with Crippen molar-refractivity contribution in [1.29, 1.82) is 0 Å². The van der Waals surface area contributed by atoms with Crippen LogP contribution < -0.4 is 0 Å². The van der Waals surface area contributed by atoms with Crippen molar-refractivity contribution in [1.82, 2.24) is 0 Å². The predicted molar refractivity (Wildman–Crippen MR) is 31.8 cm³/mol. The van der Waals surface area contributed by atoms with E-state index >= 15 is 0 Å². The lowest BCUT2D eigenvalue weighted by Gasteiger charge is -2.04.